The molecule has 27 heavy (non-hydrogen) atoms. The molecule has 0 spiro atoms. The zero-order valence-electron chi connectivity index (χ0n) is 16.3. The van der Waals surface area contributed by atoms with Crippen molar-refractivity contribution in [2.24, 2.45) is 10.4 Å². The van der Waals surface area contributed by atoms with Crippen molar-refractivity contribution in [1.82, 2.24) is 0 Å². The van der Waals surface area contributed by atoms with Gasteiger partial charge in [-0.05, 0) is 35.6 Å². The number of hydrogen-bond donors (Lipinski definition) is 2. The maximum atomic E-state index is 12.6. The molecule has 0 aromatic heterocycles. The van der Waals surface area contributed by atoms with Gasteiger partial charge in [-0.1, -0.05) is 26.0 Å². The van der Waals surface area contributed by atoms with Gasteiger partial charge in [-0.15, -0.1) is 0 Å². The van der Waals surface area contributed by atoms with Crippen LogP contribution in [0.3, 0.4) is 0 Å². The number of hydrogen-bond acceptors (Lipinski definition) is 6. The topological polar surface area (TPSA) is 88.4 Å². The van der Waals surface area contributed by atoms with E-state index in [9.17, 15) is 9.90 Å². The first-order valence-corrected chi connectivity index (χ1v) is 8.82. The van der Waals surface area contributed by atoms with Crippen LogP contribution in [0.5, 0.6) is 11.5 Å². The summed E-state index contributed by atoms with van der Waals surface area (Å²) in [5.74, 6) is 0.923. The standard InChI is InChI=1S/C21H27NO5/c1-21(2)12-15(22-9-10-23)20(17(25)13-21)16(24)7-5-14-6-8-18(26-3)19(11-14)27-4/h5-8,11,23-24H,9-10,12-13H2,1-4H3/b7-5?,20-16+,22-15?. The fraction of sp³-hybridized carbons (Fsp3) is 0.429. The number of methoxy groups -OCH3 is 2. The fourth-order valence-electron chi connectivity index (χ4n) is 3.11. The molecule has 146 valence electrons. The van der Waals surface area contributed by atoms with Gasteiger partial charge in [0.2, 0.25) is 0 Å². The number of allylic oxidation sites excluding steroid dienone is 2. The fourth-order valence-corrected chi connectivity index (χ4v) is 3.11. The molecule has 1 saturated carbocycles. The third kappa shape index (κ3) is 5.20. The van der Waals surface area contributed by atoms with Gasteiger partial charge in [0, 0.05) is 12.1 Å². The van der Waals surface area contributed by atoms with E-state index in [-0.39, 0.29) is 35.7 Å². The Morgan fingerprint density at radius 3 is 2.56 bits per heavy atom. The average molecular weight is 373 g/mol. The normalized spacial score (nSPS) is 20.2. The quantitative estimate of drug-likeness (QED) is 0.590. The van der Waals surface area contributed by atoms with Crippen molar-refractivity contribution in [2.45, 2.75) is 26.7 Å². The van der Waals surface area contributed by atoms with Gasteiger partial charge in [-0.3, -0.25) is 9.79 Å². The maximum absolute atomic E-state index is 12.6. The Kier molecular flexibility index (Phi) is 6.80. The molecule has 1 aromatic rings. The first-order valence-electron chi connectivity index (χ1n) is 8.82. The highest BCUT2D eigenvalue weighted by atomic mass is 16.5. The van der Waals surface area contributed by atoms with Crippen LogP contribution in [-0.2, 0) is 4.79 Å². The monoisotopic (exact) mass is 373 g/mol. The third-order valence-electron chi connectivity index (χ3n) is 4.35. The first-order chi connectivity index (χ1) is 12.8. The van der Waals surface area contributed by atoms with E-state index in [0.29, 0.717) is 30.1 Å². The van der Waals surface area contributed by atoms with E-state index >= 15 is 0 Å². The predicted molar refractivity (Wildman–Crippen MR) is 106 cm³/mol. The lowest BCUT2D eigenvalue weighted by atomic mass is 9.73. The van der Waals surface area contributed by atoms with Crippen molar-refractivity contribution in [2.75, 3.05) is 27.4 Å². The molecule has 0 radical (unpaired) electrons. The average Bonchev–Trinajstić information content (AvgIpc) is 2.62. The van der Waals surface area contributed by atoms with Gasteiger partial charge in [0.05, 0.1) is 32.9 Å². The number of aliphatic hydroxyl groups is 2. The van der Waals surface area contributed by atoms with Crippen LogP contribution in [0.4, 0.5) is 0 Å². The minimum absolute atomic E-state index is 0.104. The Morgan fingerprint density at radius 1 is 1.22 bits per heavy atom. The van der Waals surface area contributed by atoms with Crippen LogP contribution in [0, 0.1) is 5.41 Å². The van der Waals surface area contributed by atoms with Crippen molar-refractivity contribution >= 4 is 17.6 Å². The molecule has 2 rings (SSSR count). The summed E-state index contributed by atoms with van der Waals surface area (Å²) < 4.78 is 10.5. The van der Waals surface area contributed by atoms with E-state index in [1.807, 2.05) is 19.9 Å². The smallest absolute Gasteiger partial charge is 0.168 e. The van der Waals surface area contributed by atoms with E-state index in [1.54, 1.807) is 32.4 Å². The van der Waals surface area contributed by atoms with E-state index in [4.69, 9.17) is 14.6 Å². The Morgan fingerprint density at radius 2 is 1.93 bits per heavy atom. The van der Waals surface area contributed by atoms with Crippen molar-refractivity contribution in [3.05, 3.63) is 41.2 Å². The lowest BCUT2D eigenvalue weighted by Crippen LogP contribution is -2.32. The second-order valence-corrected chi connectivity index (χ2v) is 7.20. The molecule has 6 nitrogen and oxygen atoms in total. The number of aliphatic hydroxyl groups excluding tert-OH is 2. The summed E-state index contributed by atoms with van der Waals surface area (Å²) in [5, 5.41) is 19.6. The van der Waals surface area contributed by atoms with Gasteiger partial charge < -0.3 is 19.7 Å². The van der Waals surface area contributed by atoms with Gasteiger partial charge in [0.15, 0.2) is 17.3 Å². The van der Waals surface area contributed by atoms with E-state index in [0.717, 1.165) is 5.56 Å². The molecular formula is C21H27NO5. The Balaban J connectivity index is 2.36. The van der Waals surface area contributed by atoms with Crippen molar-refractivity contribution in [3.63, 3.8) is 0 Å². The van der Waals surface area contributed by atoms with Gasteiger partial charge in [-0.2, -0.15) is 0 Å². The summed E-state index contributed by atoms with van der Waals surface area (Å²) in [5.41, 5.74) is 1.35. The summed E-state index contributed by atoms with van der Waals surface area (Å²) in [6.07, 6.45) is 4.10. The highest BCUT2D eigenvalue weighted by Gasteiger charge is 2.35. The summed E-state index contributed by atoms with van der Waals surface area (Å²) >= 11 is 0. The lowest BCUT2D eigenvalue weighted by Gasteiger charge is -2.31. The number of aliphatic imine (C=N–C) groups is 1. The first kappa shape index (κ1) is 20.7. The van der Waals surface area contributed by atoms with E-state index < -0.39 is 0 Å². The van der Waals surface area contributed by atoms with Crippen molar-refractivity contribution < 1.29 is 24.5 Å². The summed E-state index contributed by atoms with van der Waals surface area (Å²) in [6, 6.07) is 5.37. The van der Waals surface area contributed by atoms with Crippen LogP contribution in [-0.4, -0.2) is 49.1 Å². The van der Waals surface area contributed by atoms with E-state index in [1.165, 1.54) is 6.08 Å². The van der Waals surface area contributed by atoms with Crippen LogP contribution in [0.1, 0.15) is 32.3 Å². The van der Waals surface area contributed by atoms with Crippen LogP contribution in [0.25, 0.3) is 6.08 Å². The number of carbonyl (C=O) groups excluding carboxylic acids is 1. The third-order valence-corrected chi connectivity index (χ3v) is 4.35. The van der Waals surface area contributed by atoms with Crippen LogP contribution < -0.4 is 9.47 Å². The molecule has 0 saturated heterocycles. The summed E-state index contributed by atoms with van der Waals surface area (Å²) in [4.78, 5) is 16.9. The molecule has 1 fully saturated rings. The molecule has 0 atom stereocenters. The molecule has 0 bridgehead atoms. The minimum atomic E-state index is -0.220. The summed E-state index contributed by atoms with van der Waals surface area (Å²) in [6.45, 7) is 4.09. The minimum Gasteiger partial charge on any atom is -0.507 e. The van der Waals surface area contributed by atoms with Crippen molar-refractivity contribution in [3.8, 4) is 11.5 Å². The SMILES string of the molecule is COc1ccc(C=C/C(O)=C2\C(=O)CC(C)(C)CC2=NCCO)cc1OC. The highest BCUT2D eigenvalue weighted by Crippen LogP contribution is 2.35. The van der Waals surface area contributed by atoms with Gasteiger partial charge in [0.25, 0.3) is 0 Å². The number of carbonyl (C=O) groups is 1. The largest absolute Gasteiger partial charge is 0.507 e. The Bertz CT molecular complexity index is 790. The molecule has 1 aliphatic carbocycles. The lowest BCUT2D eigenvalue weighted by molar-refractivity contribution is -0.117. The highest BCUT2D eigenvalue weighted by molar-refractivity contribution is 6.25. The van der Waals surface area contributed by atoms with Gasteiger partial charge in [0.1, 0.15) is 5.76 Å². The zero-order chi connectivity index (χ0) is 20.0. The number of ether oxygens (including phenoxy) is 2. The van der Waals surface area contributed by atoms with Crippen LogP contribution >= 0.6 is 0 Å². The van der Waals surface area contributed by atoms with Gasteiger partial charge >= 0.3 is 0 Å². The van der Waals surface area contributed by atoms with Crippen LogP contribution in [0.2, 0.25) is 0 Å². The number of Topliss-reactive ketones (excluding diaryl/α,β-unsaturated/α-hetero) is 1. The summed E-state index contributed by atoms with van der Waals surface area (Å²) in [7, 11) is 3.12. The zero-order valence-corrected chi connectivity index (χ0v) is 16.3. The second-order valence-electron chi connectivity index (χ2n) is 7.20. The van der Waals surface area contributed by atoms with E-state index in [2.05, 4.69) is 4.99 Å². The van der Waals surface area contributed by atoms with Crippen molar-refractivity contribution in [1.29, 1.82) is 0 Å². The maximum Gasteiger partial charge on any atom is 0.168 e. The number of benzene rings is 1. The van der Waals surface area contributed by atoms with Gasteiger partial charge in [-0.25, -0.2) is 0 Å². The molecule has 0 aliphatic heterocycles. The molecule has 6 heteroatoms. The predicted octanol–water partition coefficient (Wildman–Crippen LogP) is 3.35. The molecule has 0 heterocycles. The second kappa shape index (κ2) is 8.86. The molecule has 0 amide bonds. The molecule has 1 aromatic carbocycles. The number of rotatable bonds is 6. The molecule has 2 N–H and O–H groups in total. The number of ketones is 1. The molecule has 0 unspecified atom stereocenters. The molecular weight excluding hydrogens is 346 g/mol. The van der Waals surface area contributed by atoms with Crippen LogP contribution in [0.15, 0.2) is 40.6 Å². The number of nitrogens with zero attached hydrogens (tertiary/aromatic N) is 1. The Hall–Kier alpha value is -2.60. The Labute approximate surface area is 159 Å². The molecule has 1 aliphatic rings.